The Morgan fingerprint density at radius 2 is 1.73 bits per heavy atom. The van der Waals surface area contributed by atoms with E-state index in [9.17, 15) is 9.59 Å². The highest BCUT2D eigenvalue weighted by molar-refractivity contribution is 5.93. The van der Waals surface area contributed by atoms with Crippen LogP contribution in [0.2, 0.25) is 0 Å². The van der Waals surface area contributed by atoms with E-state index >= 15 is 0 Å². The number of nitrogens with zero attached hydrogens (tertiary/aromatic N) is 4. The number of aromatic nitrogens is 4. The third kappa shape index (κ3) is 6.60. The zero-order chi connectivity index (χ0) is 34.1. The molecule has 0 aliphatic heterocycles. The first kappa shape index (κ1) is 32.7. The number of nitrogens with one attached hydrogen (secondary N) is 2. The van der Waals surface area contributed by atoms with Gasteiger partial charge in [-0.05, 0) is 107 Å². The molecule has 0 atom stereocenters. The third-order valence-corrected chi connectivity index (χ3v) is 8.99. The molecule has 10 heteroatoms. The number of ether oxygens (including phenoxy) is 1. The van der Waals surface area contributed by atoms with E-state index < -0.39 is 17.2 Å². The highest BCUT2D eigenvalue weighted by atomic mass is 16.6. The van der Waals surface area contributed by atoms with E-state index in [0.29, 0.717) is 28.4 Å². The first-order valence-electron chi connectivity index (χ1n) is 16.6. The number of amides is 2. The molecule has 248 valence electrons. The highest BCUT2D eigenvalue weighted by Crippen LogP contribution is 2.42. The van der Waals surface area contributed by atoms with Gasteiger partial charge >= 0.3 is 6.09 Å². The fraction of sp³-hybridized carbons (Fsp3) is 0.342. The molecule has 3 heterocycles. The molecule has 0 saturated heterocycles. The second kappa shape index (κ2) is 13.1. The van der Waals surface area contributed by atoms with Gasteiger partial charge in [-0.2, -0.15) is 0 Å². The molecule has 0 unspecified atom stereocenters. The second-order valence-corrected chi connectivity index (χ2v) is 13.4. The monoisotopic (exact) mass is 645 g/mol. The number of pyridine rings is 2. The van der Waals surface area contributed by atoms with Crippen molar-refractivity contribution in [3.8, 4) is 28.3 Å². The van der Waals surface area contributed by atoms with Crippen LogP contribution in [0.3, 0.4) is 0 Å². The summed E-state index contributed by atoms with van der Waals surface area (Å²) in [6, 6.07) is 23.5. The van der Waals surface area contributed by atoms with Gasteiger partial charge in [0, 0.05) is 29.1 Å². The van der Waals surface area contributed by atoms with Crippen molar-refractivity contribution in [1.29, 1.82) is 0 Å². The molecule has 1 fully saturated rings. The van der Waals surface area contributed by atoms with Crippen LogP contribution in [0.25, 0.3) is 39.5 Å². The van der Waals surface area contributed by atoms with Gasteiger partial charge in [0.2, 0.25) is 5.91 Å². The summed E-state index contributed by atoms with van der Waals surface area (Å²) in [4.78, 5) is 40.0. The van der Waals surface area contributed by atoms with E-state index in [1.165, 1.54) is 0 Å². The Morgan fingerprint density at radius 3 is 2.38 bits per heavy atom. The molecule has 2 amide bonds. The smallest absolute Gasteiger partial charge is 0.408 e. The molecule has 3 aromatic heterocycles. The Balaban J connectivity index is 1.40. The fourth-order valence-electron chi connectivity index (χ4n) is 6.25. The minimum atomic E-state index is -0.583. The Hall–Kier alpha value is -5.25. The number of hydrogen-bond acceptors (Lipinski definition) is 7. The van der Waals surface area contributed by atoms with Crippen molar-refractivity contribution in [3.63, 3.8) is 0 Å². The van der Waals surface area contributed by atoms with Gasteiger partial charge in [-0.3, -0.25) is 9.36 Å². The predicted molar refractivity (Wildman–Crippen MR) is 190 cm³/mol. The minimum Gasteiger partial charge on any atom is -0.444 e. The molecule has 6 rings (SSSR count). The van der Waals surface area contributed by atoms with Crippen LogP contribution >= 0.6 is 0 Å². The molecule has 1 aliphatic carbocycles. The average Bonchev–Trinajstić information content (AvgIpc) is 3.41. The maximum absolute atomic E-state index is 12.8. The lowest BCUT2D eigenvalue weighted by Crippen LogP contribution is -2.52. The van der Waals surface area contributed by atoms with Gasteiger partial charge in [-0.1, -0.05) is 38.1 Å². The Bertz CT molecular complexity index is 1950. The lowest BCUT2D eigenvalue weighted by molar-refractivity contribution is -0.120. The van der Waals surface area contributed by atoms with Gasteiger partial charge < -0.3 is 21.1 Å². The zero-order valence-electron chi connectivity index (χ0n) is 28.2. The molecule has 1 aliphatic rings. The topological polar surface area (TPSA) is 137 Å². The number of benzene rings is 2. The van der Waals surface area contributed by atoms with Crippen LogP contribution in [0, 0.1) is 5.92 Å². The van der Waals surface area contributed by atoms with Gasteiger partial charge in [0.05, 0.1) is 16.8 Å². The Labute approximate surface area is 281 Å². The van der Waals surface area contributed by atoms with Gasteiger partial charge in [-0.25, -0.2) is 19.7 Å². The number of alkyl carbamates (subject to hydrolysis) is 1. The summed E-state index contributed by atoms with van der Waals surface area (Å²) in [7, 11) is 0. The van der Waals surface area contributed by atoms with Crippen molar-refractivity contribution in [2.75, 3.05) is 11.1 Å². The van der Waals surface area contributed by atoms with E-state index in [2.05, 4.69) is 15.6 Å². The summed E-state index contributed by atoms with van der Waals surface area (Å²) in [6.45, 7) is 9.64. The Morgan fingerprint density at radius 1 is 0.979 bits per heavy atom. The number of anilines is 2. The van der Waals surface area contributed by atoms with Crippen molar-refractivity contribution in [1.82, 2.24) is 24.8 Å². The van der Waals surface area contributed by atoms with Crippen molar-refractivity contribution in [2.24, 2.45) is 5.92 Å². The lowest BCUT2D eigenvalue weighted by atomic mass is 9.72. The van der Waals surface area contributed by atoms with Crippen LogP contribution in [0.4, 0.5) is 16.3 Å². The third-order valence-electron chi connectivity index (χ3n) is 8.99. The van der Waals surface area contributed by atoms with Crippen LogP contribution < -0.4 is 16.4 Å². The molecule has 1 saturated carbocycles. The minimum absolute atomic E-state index is 0.0192. The lowest BCUT2D eigenvalue weighted by Gasteiger charge is -2.43. The molecule has 0 spiro atoms. The maximum atomic E-state index is 12.8. The van der Waals surface area contributed by atoms with Crippen LogP contribution in [-0.2, 0) is 15.1 Å². The van der Waals surface area contributed by atoms with E-state index in [4.69, 9.17) is 20.4 Å². The van der Waals surface area contributed by atoms with E-state index in [0.717, 1.165) is 60.3 Å². The number of imidazole rings is 1. The predicted octanol–water partition coefficient (Wildman–Crippen LogP) is 8.01. The van der Waals surface area contributed by atoms with Crippen LogP contribution in [0.5, 0.6) is 0 Å². The van der Waals surface area contributed by atoms with Gasteiger partial charge in [-0.15, -0.1) is 0 Å². The van der Waals surface area contributed by atoms with E-state index in [-0.39, 0.29) is 11.8 Å². The molecular weight excluding hydrogens is 602 g/mol. The Kier molecular flexibility index (Phi) is 8.92. The first-order valence-corrected chi connectivity index (χ1v) is 16.6. The van der Waals surface area contributed by atoms with Crippen molar-refractivity contribution >= 4 is 34.7 Å². The molecule has 4 N–H and O–H groups in total. The van der Waals surface area contributed by atoms with Crippen LogP contribution in [0.1, 0.15) is 72.3 Å². The van der Waals surface area contributed by atoms with E-state index in [1.807, 2.05) is 112 Å². The number of nitrogen functional groups attached to an aromatic ring is 1. The van der Waals surface area contributed by atoms with Gasteiger partial charge in [0.1, 0.15) is 16.9 Å². The number of carbonyl (C=O) groups excluding carboxylic acids is 2. The van der Waals surface area contributed by atoms with Crippen LogP contribution in [-0.4, -0.2) is 37.1 Å². The summed E-state index contributed by atoms with van der Waals surface area (Å²) < 4.78 is 7.57. The summed E-state index contributed by atoms with van der Waals surface area (Å²) in [5.74, 6) is 0.964. The van der Waals surface area contributed by atoms with Gasteiger partial charge in [0.25, 0.3) is 0 Å². The normalized spacial score (nSPS) is 14.0. The fourth-order valence-corrected chi connectivity index (χ4v) is 6.25. The summed E-state index contributed by atoms with van der Waals surface area (Å²) in [5.41, 5.74) is 11.5. The molecule has 10 nitrogen and oxygen atoms in total. The highest BCUT2D eigenvalue weighted by Gasteiger charge is 2.41. The zero-order valence-corrected chi connectivity index (χ0v) is 28.2. The number of rotatable bonds is 9. The molecule has 48 heavy (non-hydrogen) atoms. The maximum Gasteiger partial charge on any atom is 0.408 e. The molecular formula is C38H43N7O3. The van der Waals surface area contributed by atoms with Crippen molar-refractivity contribution < 1.29 is 14.3 Å². The van der Waals surface area contributed by atoms with Crippen LogP contribution in [0.15, 0.2) is 79.0 Å². The molecule has 0 radical (unpaired) electrons. The van der Waals surface area contributed by atoms with Crippen molar-refractivity contribution in [2.45, 2.75) is 77.9 Å². The van der Waals surface area contributed by atoms with Gasteiger partial charge in [0.15, 0.2) is 11.5 Å². The number of hydrogen-bond donors (Lipinski definition) is 3. The number of nitrogens with two attached hydrogens (primary N) is 1. The van der Waals surface area contributed by atoms with Crippen molar-refractivity contribution in [3.05, 3.63) is 84.6 Å². The number of carbonyl (C=O) groups is 2. The largest absolute Gasteiger partial charge is 0.444 e. The SMILES string of the molecule is CCC(CC)C(=O)Nc1cccc(-c2ccc3nc(-c4cccnc4N)n(-c4ccc(C5(NC(=O)OC(C)(C)C)CCC5)cc4)c3n2)c1. The summed E-state index contributed by atoms with van der Waals surface area (Å²) in [5, 5.41) is 6.21. The standard InChI is InChI=1S/C38H43N7O3/c1-6-24(7-2)35(46)41-27-12-8-11-25(23-27)30-18-19-31-34(42-30)45(33(43-31)29-13-9-22-40-32(29)39)28-16-14-26(15-17-28)38(20-10-21-38)44-36(47)48-37(3,4)5/h8-9,11-19,22-24H,6-7,10,20-21H2,1-5H3,(H2,39,40)(H,41,46)(H,44,47). The summed E-state index contributed by atoms with van der Waals surface area (Å²) in [6.07, 6.45) is 5.49. The second-order valence-electron chi connectivity index (χ2n) is 13.4. The quantitative estimate of drug-likeness (QED) is 0.148. The number of fused-ring (bicyclic) bond motifs is 1. The summed E-state index contributed by atoms with van der Waals surface area (Å²) >= 11 is 0. The molecule has 0 bridgehead atoms. The molecule has 2 aromatic carbocycles. The molecule has 5 aromatic rings. The first-order chi connectivity index (χ1) is 23.0. The van der Waals surface area contributed by atoms with E-state index in [1.54, 1.807) is 6.20 Å². The average molecular weight is 646 g/mol.